The third-order valence-electron chi connectivity index (χ3n) is 4.57. The average molecular weight is 318 g/mol. The summed E-state index contributed by atoms with van der Waals surface area (Å²) in [6.07, 6.45) is 0. The Hall–Kier alpha value is -3.06. The zero-order valence-corrected chi connectivity index (χ0v) is 14.1. The number of hydrogen-bond donors (Lipinski definition) is 0. The number of benzene rings is 4. The molecule has 1 heteroatoms. The van der Waals surface area contributed by atoms with E-state index in [1.807, 2.05) is 0 Å². The third-order valence-corrected chi connectivity index (χ3v) is 4.57. The van der Waals surface area contributed by atoms with Gasteiger partial charge in [-0.25, -0.2) is 0 Å². The number of hydrogen-bond acceptors (Lipinski definition) is 0. The standard InChI is InChI=1S/C24H19B/c1-4-11-19(12-5-1)22-17-10-18-23(20-13-6-2-7-14-20)24(22)25-21-15-8-3-9-16-21/h1-18,25H. The van der Waals surface area contributed by atoms with Gasteiger partial charge in [-0.15, -0.1) is 0 Å². The highest BCUT2D eigenvalue weighted by atomic mass is 14.1. The summed E-state index contributed by atoms with van der Waals surface area (Å²) in [5, 5.41) is 0. The van der Waals surface area contributed by atoms with Gasteiger partial charge in [-0.2, -0.15) is 0 Å². The molecule has 0 bridgehead atoms. The molecule has 0 aliphatic carbocycles. The molecular weight excluding hydrogens is 299 g/mol. The van der Waals surface area contributed by atoms with Crippen molar-refractivity contribution in [3.05, 3.63) is 109 Å². The van der Waals surface area contributed by atoms with Crippen molar-refractivity contribution < 1.29 is 0 Å². The van der Waals surface area contributed by atoms with Crippen molar-refractivity contribution >= 4 is 18.2 Å². The van der Waals surface area contributed by atoms with Crippen molar-refractivity contribution in [3.63, 3.8) is 0 Å². The summed E-state index contributed by atoms with van der Waals surface area (Å²) in [6.45, 7) is 0. The highest BCUT2D eigenvalue weighted by Gasteiger charge is 2.13. The van der Waals surface area contributed by atoms with Gasteiger partial charge < -0.3 is 0 Å². The molecule has 25 heavy (non-hydrogen) atoms. The molecule has 0 nitrogen and oxygen atoms in total. The molecule has 0 unspecified atom stereocenters. The van der Waals surface area contributed by atoms with Crippen molar-refractivity contribution in [2.75, 3.05) is 0 Å². The van der Waals surface area contributed by atoms with Gasteiger partial charge in [-0.05, 0) is 22.3 Å². The first-order valence-electron chi connectivity index (χ1n) is 8.68. The van der Waals surface area contributed by atoms with E-state index < -0.39 is 0 Å². The summed E-state index contributed by atoms with van der Waals surface area (Å²) in [6, 6.07) is 38.7. The Morgan fingerprint density at radius 3 is 1.32 bits per heavy atom. The van der Waals surface area contributed by atoms with Crippen LogP contribution in [0, 0.1) is 0 Å². The minimum absolute atomic E-state index is 0.927. The Kier molecular flexibility index (Phi) is 4.47. The van der Waals surface area contributed by atoms with Gasteiger partial charge >= 0.3 is 0 Å². The third kappa shape index (κ3) is 3.41. The van der Waals surface area contributed by atoms with Gasteiger partial charge in [0.2, 0.25) is 0 Å². The van der Waals surface area contributed by atoms with Gasteiger partial charge in [-0.1, -0.05) is 120 Å². The molecule has 4 rings (SSSR count). The van der Waals surface area contributed by atoms with Crippen molar-refractivity contribution in [1.29, 1.82) is 0 Å². The maximum atomic E-state index is 2.24. The first-order valence-corrected chi connectivity index (χ1v) is 8.68. The van der Waals surface area contributed by atoms with E-state index in [1.165, 1.54) is 33.2 Å². The molecule has 4 aromatic rings. The summed E-state index contributed by atoms with van der Waals surface area (Å²) in [5.41, 5.74) is 7.88. The van der Waals surface area contributed by atoms with Crippen LogP contribution in [0.5, 0.6) is 0 Å². The molecule has 0 aliphatic rings. The molecule has 0 fully saturated rings. The van der Waals surface area contributed by atoms with E-state index in [2.05, 4.69) is 109 Å². The van der Waals surface area contributed by atoms with Gasteiger partial charge in [0.1, 0.15) is 0 Å². The number of rotatable bonds is 4. The zero-order valence-electron chi connectivity index (χ0n) is 14.1. The largest absolute Gasteiger partial charge is 0.193 e. The van der Waals surface area contributed by atoms with Crippen molar-refractivity contribution in [1.82, 2.24) is 0 Å². The van der Waals surface area contributed by atoms with Crippen LogP contribution in [-0.2, 0) is 0 Å². The maximum absolute atomic E-state index is 2.24. The Morgan fingerprint density at radius 1 is 0.400 bits per heavy atom. The normalized spacial score (nSPS) is 10.4. The lowest BCUT2D eigenvalue weighted by molar-refractivity contribution is 1.61. The lowest BCUT2D eigenvalue weighted by Crippen LogP contribution is -2.30. The average Bonchev–Trinajstić information content (AvgIpc) is 2.70. The highest BCUT2D eigenvalue weighted by molar-refractivity contribution is 6.70. The molecule has 0 saturated heterocycles. The van der Waals surface area contributed by atoms with Crippen LogP contribution in [0.2, 0.25) is 0 Å². The minimum atomic E-state index is 0.927. The SMILES string of the molecule is B(c1ccccc1)c1c(-c2ccccc2)cccc1-c1ccccc1. The molecule has 0 N–H and O–H groups in total. The molecule has 0 radical (unpaired) electrons. The van der Waals surface area contributed by atoms with E-state index in [4.69, 9.17) is 0 Å². The smallest absolute Gasteiger partial charge is 0.0785 e. The van der Waals surface area contributed by atoms with E-state index in [9.17, 15) is 0 Å². The van der Waals surface area contributed by atoms with Crippen molar-refractivity contribution in [2.24, 2.45) is 0 Å². The first-order chi connectivity index (χ1) is 12.4. The predicted octanol–water partition coefficient (Wildman–Crippen LogP) is 4.41. The second-order valence-electron chi connectivity index (χ2n) is 6.23. The quantitative estimate of drug-likeness (QED) is 0.489. The molecule has 0 saturated carbocycles. The van der Waals surface area contributed by atoms with Crippen LogP contribution >= 0.6 is 0 Å². The topological polar surface area (TPSA) is 0 Å². The highest BCUT2D eigenvalue weighted by Crippen LogP contribution is 2.24. The first kappa shape index (κ1) is 15.5. The predicted molar refractivity (Wildman–Crippen MR) is 110 cm³/mol. The summed E-state index contributed by atoms with van der Waals surface area (Å²) in [7, 11) is 0.927. The lowest BCUT2D eigenvalue weighted by atomic mass is 9.59. The Balaban J connectivity index is 1.90. The van der Waals surface area contributed by atoms with Gasteiger partial charge in [0.15, 0.2) is 7.28 Å². The summed E-state index contributed by atoms with van der Waals surface area (Å²) in [5.74, 6) is 0. The van der Waals surface area contributed by atoms with Gasteiger partial charge in [0.25, 0.3) is 0 Å². The van der Waals surface area contributed by atoms with Gasteiger partial charge in [0.05, 0.1) is 0 Å². The van der Waals surface area contributed by atoms with E-state index in [0.717, 1.165) is 7.28 Å². The summed E-state index contributed by atoms with van der Waals surface area (Å²) >= 11 is 0. The van der Waals surface area contributed by atoms with Crippen molar-refractivity contribution in [3.8, 4) is 22.3 Å². The fourth-order valence-electron chi connectivity index (χ4n) is 3.35. The van der Waals surface area contributed by atoms with Crippen LogP contribution in [0.15, 0.2) is 109 Å². The second kappa shape index (κ2) is 7.23. The van der Waals surface area contributed by atoms with E-state index in [1.54, 1.807) is 0 Å². The van der Waals surface area contributed by atoms with Crippen molar-refractivity contribution in [2.45, 2.75) is 0 Å². The van der Waals surface area contributed by atoms with Crippen LogP contribution in [0.3, 0.4) is 0 Å². The molecule has 0 aliphatic heterocycles. The summed E-state index contributed by atoms with van der Waals surface area (Å²) in [4.78, 5) is 0. The van der Waals surface area contributed by atoms with E-state index >= 15 is 0 Å². The molecule has 0 heterocycles. The monoisotopic (exact) mass is 318 g/mol. The molecule has 0 spiro atoms. The fourth-order valence-corrected chi connectivity index (χ4v) is 3.35. The van der Waals surface area contributed by atoms with Crippen LogP contribution < -0.4 is 10.9 Å². The van der Waals surface area contributed by atoms with Crippen LogP contribution in [0.4, 0.5) is 0 Å². The lowest BCUT2D eigenvalue weighted by Gasteiger charge is -2.15. The molecular formula is C24H19B. The maximum Gasteiger partial charge on any atom is 0.193 e. The van der Waals surface area contributed by atoms with Gasteiger partial charge in [0, 0.05) is 0 Å². The Morgan fingerprint density at radius 2 is 0.840 bits per heavy atom. The fraction of sp³-hybridized carbons (Fsp3) is 0. The molecule has 118 valence electrons. The Labute approximate surface area is 150 Å². The van der Waals surface area contributed by atoms with Crippen LogP contribution in [-0.4, -0.2) is 7.28 Å². The van der Waals surface area contributed by atoms with E-state index in [-0.39, 0.29) is 0 Å². The second-order valence-corrected chi connectivity index (χ2v) is 6.23. The molecule has 0 amide bonds. The zero-order chi connectivity index (χ0) is 16.9. The molecule has 4 aromatic carbocycles. The molecule has 0 atom stereocenters. The molecule has 0 aromatic heterocycles. The summed E-state index contributed by atoms with van der Waals surface area (Å²) < 4.78 is 0. The van der Waals surface area contributed by atoms with Crippen LogP contribution in [0.25, 0.3) is 22.3 Å². The van der Waals surface area contributed by atoms with E-state index in [0.29, 0.717) is 0 Å². The minimum Gasteiger partial charge on any atom is -0.0785 e. The van der Waals surface area contributed by atoms with Gasteiger partial charge in [-0.3, -0.25) is 0 Å². The van der Waals surface area contributed by atoms with Crippen LogP contribution in [0.1, 0.15) is 0 Å². The Bertz CT molecular complexity index is 887.